The summed E-state index contributed by atoms with van der Waals surface area (Å²) in [4.78, 5) is 0. The first-order chi connectivity index (χ1) is 13.6. The van der Waals surface area contributed by atoms with E-state index in [1.54, 1.807) is 22.9 Å². The average molecular weight is 424 g/mol. The molecule has 0 aliphatic carbocycles. The van der Waals surface area contributed by atoms with Crippen molar-refractivity contribution < 1.29 is 9.13 Å². The summed E-state index contributed by atoms with van der Waals surface area (Å²) in [5.74, 6) is 0.844. The molecule has 0 bridgehead atoms. The normalized spacial score (nSPS) is 10.9. The molecule has 0 aliphatic rings. The molecule has 0 fully saturated rings. The molecular formula is C19H20Cl2FN5O. The van der Waals surface area contributed by atoms with Crippen LogP contribution in [-0.4, -0.2) is 20.2 Å². The van der Waals surface area contributed by atoms with Crippen LogP contribution in [0, 0.1) is 5.82 Å². The first-order valence-electron chi connectivity index (χ1n) is 8.92. The third-order valence-electron chi connectivity index (χ3n) is 4.11. The monoisotopic (exact) mass is 423 g/mol. The lowest BCUT2D eigenvalue weighted by Gasteiger charge is -2.14. The summed E-state index contributed by atoms with van der Waals surface area (Å²) < 4.78 is 20.8. The number of hydrogen-bond donors (Lipinski definition) is 1. The van der Waals surface area contributed by atoms with E-state index in [9.17, 15) is 4.39 Å². The summed E-state index contributed by atoms with van der Waals surface area (Å²) in [5, 5.41) is 15.9. The average Bonchev–Trinajstić information content (AvgIpc) is 3.12. The van der Waals surface area contributed by atoms with E-state index in [4.69, 9.17) is 27.9 Å². The lowest BCUT2D eigenvalue weighted by atomic mass is 10.2. The van der Waals surface area contributed by atoms with Crippen molar-refractivity contribution >= 4 is 29.2 Å². The van der Waals surface area contributed by atoms with Crippen molar-refractivity contribution in [3.8, 4) is 5.75 Å². The van der Waals surface area contributed by atoms with Crippen LogP contribution in [0.15, 0.2) is 36.4 Å². The van der Waals surface area contributed by atoms with Crippen LogP contribution in [0.25, 0.3) is 0 Å². The van der Waals surface area contributed by atoms with Crippen LogP contribution in [0.3, 0.4) is 0 Å². The van der Waals surface area contributed by atoms with Crippen molar-refractivity contribution in [1.82, 2.24) is 20.2 Å². The number of unbranched alkanes of at least 4 members (excludes halogenated alkanes) is 1. The van der Waals surface area contributed by atoms with Gasteiger partial charge < -0.3 is 10.1 Å². The van der Waals surface area contributed by atoms with E-state index >= 15 is 0 Å². The molecule has 3 aromatic rings. The van der Waals surface area contributed by atoms with Gasteiger partial charge in [-0.05, 0) is 47.2 Å². The molecule has 9 heteroatoms. The SMILES string of the molecule is CCCCn1nnnc1NCc1cc(Cl)ccc1OCc1ccc(F)cc1Cl. The van der Waals surface area contributed by atoms with Crippen molar-refractivity contribution in [3.05, 3.63) is 63.4 Å². The zero-order valence-electron chi connectivity index (χ0n) is 15.3. The Labute approximate surface area is 172 Å². The van der Waals surface area contributed by atoms with Gasteiger partial charge in [-0.25, -0.2) is 9.07 Å². The second kappa shape index (κ2) is 9.71. The minimum Gasteiger partial charge on any atom is -0.488 e. The lowest BCUT2D eigenvalue weighted by molar-refractivity contribution is 0.303. The van der Waals surface area contributed by atoms with Crippen LogP contribution in [0.5, 0.6) is 5.75 Å². The highest BCUT2D eigenvalue weighted by atomic mass is 35.5. The predicted octanol–water partition coefficient (Wildman–Crippen LogP) is 5.11. The number of aromatic nitrogens is 4. The van der Waals surface area contributed by atoms with Gasteiger partial charge in [0.1, 0.15) is 18.2 Å². The molecule has 0 saturated heterocycles. The van der Waals surface area contributed by atoms with Crippen molar-refractivity contribution in [2.75, 3.05) is 5.32 Å². The number of nitrogens with one attached hydrogen (secondary N) is 1. The molecule has 1 N–H and O–H groups in total. The fourth-order valence-corrected chi connectivity index (χ4v) is 3.00. The summed E-state index contributed by atoms with van der Waals surface area (Å²) >= 11 is 12.2. The highest BCUT2D eigenvalue weighted by Gasteiger charge is 2.10. The molecule has 148 valence electrons. The Morgan fingerprint density at radius 2 is 2.00 bits per heavy atom. The summed E-state index contributed by atoms with van der Waals surface area (Å²) in [6.45, 7) is 3.50. The molecule has 0 spiro atoms. The van der Waals surface area contributed by atoms with Crippen LogP contribution in [-0.2, 0) is 19.7 Å². The number of halogens is 3. The van der Waals surface area contributed by atoms with E-state index < -0.39 is 0 Å². The molecule has 0 atom stereocenters. The number of aryl methyl sites for hydroxylation is 1. The second-order valence-electron chi connectivity index (χ2n) is 6.21. The standard InChI is InChI=1S/C19H20Cl2FN5O/c1-2-3-8-27-19(24-25-26-27)23-11-14-9-15(20)5-7-18(14)28-12-13-4-6-16(22)10-17(13)21/h4-7,9-10H,2-3,8,11-12H2,1H3,(H,23,24,26). The molecule has 1 aromatic heterocycles. The van der Waals surface area contributed by atoms with Gasteiger partial charge >= 0.3 is 0 Å². The molecule has 0 radical (unpaired) electrons. The Hall–Kier alpha value is -2.38. The van der Waals surface area contributed by atoms with Gasteiger partial charge in [0.05, 0.1) is 5.02 Å². The Bertz CT molecular complexity index is 934. The summed E-state index contributed by atoms with van der Waals surface area (Å²) in [6, 6.07) is 9.57. The Balaban J connectivity index is 1.69. The van der Waals surface area contributed by atoms with Crippen molar-refractivity contribution in [3.63, 3.8) is 0 Å². The lowest BCUT2D eigenvalue weighted by Crippen LogP contribution is -2.10. The van der Waals surface area contributed by atoms with Gasteiger partial charge in [-0.3, -0.25) is 0 Å². The Kier molecular flexibility index (Phi) is 7.06. The first-order valence-corrected chi connectivity index (χ1v) is 9.67. The van der Waals surface area contributed by atoms with E-state index in [-0.39, 0.29) is 12.4 Å². The maximum Gasteiger partial charge on any atom is 0.243 e. The van der Waals surface area contributed by atoms with Gasteiger partial charge in [0.2, 0.25) is 5.95 Å². The zero-order chi connectivity index (χ0) is 19.9. The van der Waals surface area contributed by atoms with Crippen molar-refractivity contribution in [2.45, 2.75) is 39.5 Å². The van der Waals surface area contributed by atoms with Crippen LogP contribution >= 0.6 is 23.2 Å². The summed E-state index contributed by atoms with van der Waals surface area (Å²) in [7, 11) is 0. The smallest absolute Gasteiger partial charge is 0.243 e. The summed E-state index contributed by atoms with van der Waals surface area (Å²) in [6.07, 6.45) is 2.04. The quantitative estimate of drug-likeness (QED) is 0.517. The molecule has 2 aromatic carbocycles. The molecule has 6 nitrogen and oxygen atoms in total. The van der Waals surface area contributed by atoms with Crippen molar-refractivity contribution in [1.29, 1.82) is 0 Å². The maximum atomic E-state index is 13.2. The van der Waals surface area contributed by atoms with E-state index in [1.165, 1.54) is 12.1 Å². The molecule has 0 saturated carbocycles. The van der Waals surface area contributed by atoms with E-state index in [2.05, 4.69) is 27.8 Å². The van der Waals surface area contributed by atoms with Crippen LogP contribution < -0.4 is 10.1 Å². The predicted molar refractivity (Wildman–Crippen MR) is 107 cm³/mol. The minimum atomic E-state index is -0.383. The van der Waals surface area contributed by atoms with Gasteiger partial charge in [-0.1, -0.05) is 47.7 Å². The zero-order valence-corrected chi connectivity index (χ0v) is 16.8. The molecule has 0 amide bonds. The van der Waals surface area contributed by atoms with Gasteiger partial charge in [-0.2, -0.15) is 0 Å². The van der Waals surface area contributed by atoms with Gasteiger partial charge in [0, 0.05) is 29.2 Å². The maximum absolute atomic E-state index is 13.2. The van der Waals surface area contributed by atoms with Crippen LogP contribution in [0.4, 0.5) is 10.3 Å². The molecule has 1 heterocycles. The third-order valence-corrected chi connectivity index (χ3v) is 4.70. The first kappa shape index (κ1) is 20.4. The van der Waals surface area contributed by atoms with Gasteiger partial charge in [0.25, 0.3) is 0 Å². The van der Waals surface area contributed by atoms with E-state index in [1.807, 2.05) is 6.07 Å². The van der Waals surface area contributed by atoms with E-state index in [0.29, 0.717) is 33.9 Å². The van der Waals surface area contributed by atoms with Gasteiger partial charge in [0.15, 0.2) is 0 Å². The van der Waals surface area contributed by atoms with Crippen molar-refractivity contribution in [2.24, 2.45) is 0 Å². The number of ether oxygens (including phenoxy) is 1. The van der Waals surface area contributed by atoms with Crippen LogP contribution in [0.1, 0.15) is 30.9 Å². The molecular weight excluding hydrogens is 404 g/mol. The van der Waals surface area contributed by atoms with Crippen LogP contribution in [0.2, 0.25) is 10.0 Å². The highest BCUT2D eigenvalue weighted by Crippen LogP contribution is 2.26. The third kappa shape index (κ3) is 5.33. The number of anilines is 1. The molecule has 3 rings (SSSR count). The highest BCUT2D eigenvalue weighted by molar-refractivity contribution is 6.31. The molecule has 28 heavy (non-hydrogen) atoms. The molecule has 0 unspecified atom stereocenters. The number of nitrogens with zero attached hydrogens (tertiary/aromatic N) is 4. The molecule has 0 aliphatic heterocycles. The fourth-order valence-electron chi connectivity index (χ4n) is 2.59. The Morgan fingerprint density at radius 1 is 1.14 bits per heavy atom. The second-order valence-corrected chi connectivity index (χ2v) is 7.05. The number of rotatable bonds is 9. The minimum absolute atomic E-state index is 0.210. The number of tetrazole rings is 1. The Morgan fingerprint density at radius 3 is 2.79 bits per heavy atom. The topological polar surface area (TPSA) is 64.9 Å². The summed E-state index contributed by atoms with van der Waals surface area (Å²) in [5.41, 5.74) is 1.54. The van der Waals surface area contributed by atoms with E-state index in [0.717, 1.165) is 24.9 Å². The van der Waals surface area contributed by atoms with Gasteiger partial charge in [-0.15, -0.1) is 0 Å². The largest absolute Gasteiger partial charge is 0.488 e. The fraction of sp³-hybridized carbons (Fsp3) is 0.316. The number of hydrogen-bond acceptors (Lipinski definition) is 5. The number of benzene rings is 2.